The van der Waals surface area contributed by atoms with Crippen molar-refractivity contribution in [2.45, 2.75) is 66.8 Å². The Labute approximate surface area is 122 Å². The van der Waals surface area contributed by atoms with Crippen molar-refractivity contribution in [3.63, 3.8) is 0 Å². The molecule has 2 rings (SSSR count). The minimum atomic E-state index is 0.362. The first-order valence-electron chi connectivity index (χ1n) is 7.45. The lowest BCUT2D eigenvalue weighted by Gasteiger charge is -2.45. The molecular formula is C16H28N4. The Morgan fingerprint density at radius 3 is 2.15 bits per heavy atom. The Bertz CT molecular complexity index is 489. The molecule has 0 aromatic carbocycles. The number of aromatic nitrogens is 2. The second-order valence-electron chi connectivity index (χ2n) is 7.88. The van der Waals surface area contributed by atoms with Crippen LogP contribution in [0.3, 0.4) is 0 Å². The summed E-state index contributed by atoms with van der Waals surface area (Å²) in [6.07, 6.45) is 3.60. The lowest BCUT2D eigenvalue weighted by Crippen LogP contribution is -2.40. The minimum Gasteiger partial charge on any atom is -0.383 e. The van der Waals surface area contributed by atoms with Crippen molar-refractivity contribution < 1.29 is 0 Å². The molecule has 1 fully saturated rings. The number of hydrogen-bond acceptors (Lipinski definition) is 4. The summed E-state index contributed by atoms with van der Waals surface area (Å²) in [7, 11) is 0. The molecule has 1 aromatic rings. The summed E-state index contributed by atoms with van der Waals surface area (Å²) < 4.78 is 0. The summed E-state index contributed by atoms with van der Waals surface area (Å²) in [5, 5.41) is 3.61. The van der Waals surface area contributed by atoms with E-state index in [2.05, 4.69) is 43.0 Å². The summed E-state index contributed by atoms with van der Waals surface area (Å²) in [6.45, 7) is 13.3. The number of anilines is 2. The first kappa shape index (κ1) is 15.1. The molecule has 0 bridgehead atoms. The predicted molar refractivity (Wildman–Crippen MR) is 84.7 cm³/mol. The molecule has 1 heterocycles. The van der Waals surface area contributed by atoms with E-state index in [4.69, 9.17) is 5.73 Å². The van der Waals surface area contributed by atoms with E-state index in [1.807, 2.05) is 13.8 Å². The molecule has 1 aliphatic carbocycles. The molecule has 20 heavy (non-hydrogen) atoms. The second-order valence-corrected chi connectivity index (χ2v) is 7.88. The van der Waals surface area contributed by atoms with Crippen LogP contribution in [0.15, 0.2) is 0 Å². The number of rotatable bonds is 2. The molecule has 0 spiro atoms. The van der Waals surface area contributed by atoms with Gasteiger partial charge in [0, 0.05) is 11.6 Å². The third-order valence-electron chi connectivity index (χ3n) is 4.19. The zero-order valence-corrected chi connectivity index (χ0v) is 13.7. The van der Waals surface area contributed by atoms with E-state index in [0.717, 1.165) is 17.2 Å². The summed E-state index contributed by atoms with van der Waals surface area (Å²) in [4.78, 5) is 8.73. The third-order valence-corrected chi connectivity index (χ3v) is 4.19. The van der Waals surface area contributed by atoms with Crippen molar-refractivity contribution in [3.8, 4) is 0 Å². The van der Waals surface area contributed by atoms with Gasteiger partial charge in [0.15, 0.2) is 0 Å². The van der Waals surface area contributed by atoms with Crippen LogP contribution in [0.1, 0.15) is 58.3 Å². The summed E-state index contributed by atoms with van der Waals surface area (Å²) in [5.41, 5.74) is 7.62. The van der Waals surface area contributed by atoms with Crippen LogP contribution in [-0.2, 0) is 0 Å². The van der Waals surface area contributed by atoms with Gasteiger partial charge in [-0.05, 0) is 43.9 Å². The fraction of sp³-hybridized carbons (Fsp3) is 0.750. The molecule has 4 nitrogen and oxygen atoms in total. The topological polar surface area (TPSA) is 63.8 Å². The predicted octanol–water partition coefficient (Wildman–Crippen LogP) is 3.69. The second kappa shape index (κ2) is 4.90. The van der Waals surface area contributed by atoms with Gasteiger partial charge in [-0.15, -0.1) is 0 Å². The van der Waals surface area contributed by atoms with Crippen LogP contribution >= 0.6 is 0 Å². The molecule has 1 aliphatic rings. The number of nitrogens with two attached hydrogens (primary N) is 1. The van der Waals surface area contributed by atoms with E-state index in [0.29, 0.717) is 22.7 Å². The van der Waals surface area contributed by atoms with Crippen LogP contribution in [0, 0.1) is 24.7 Å². The van der Waals surface area contributed by atoms with Crippen LogP contribution in [0.25, 0.3) is 0 Å². The number of aryl methyl sites for hydroxylation is 1. The lowest BCUT2D eigenvalue weighted by molar-refractivity contribution is 0.105. The molecule has 4 heteroatoms. The molecule has 1 saturated carbocycles. The lowest BCUT2D eigenvalue weighted by atomic mass is 9.63. The van der Waals surface area contributed by atoms with Gasteiger partial charge in [0.2, 0.25) is 0 Å². The van der Waals surface area contributed by atoms with Gasteiger partial charge in [-0.1, -0.05) is 27.7 Å². The quantitative estimate of drug-likeness (QED) is 0.864. The highest BCUT2D eigenvalue weighted by molar-refractivity contribution is 5.55. The van der Waals surface area contributed by atoms with E-state index in [9.17, 15) is 0 Å². The van der Waals surface area contributed by atoms with Gasteiger partial charge < -0.3 is 11.1 Å². The Morgan fingerprint density at radius 2 is 1.60 bits per heavy atom. The number of nitrogens with one attached hydrogen (secondary N) is 1. The molecule has 0 unspecified atom stereocenters. The van der Waals surface area contributed by atoms with Crippen LogP contribution in [0.2, 0.25) is 0 Å². The fourth-order valence-corrected chi connectivity index (χ4v) is 3.93. The molecular weight excluding hydrogens is 248 g/mol. The first-order valence-corrected chi connectivity index (χ1v) is 7.45. The molecule has 0 amide bonds. The maximum Gasteiger partial charge on any atom is 0.134 e. The van der Waals surface area contributed by atoms with E-state index in [1.165, 1.54) is 19.3 Å². The van der Waals surface area contributed by atoms with E-state index >= 15 is 0 Å². The van der Waals surface area contributed by atoms with Gasteiger partial charge in [-0.25, -0.2) is 9.97 Å². The van der Waals surface area contributed by atoms with E-state index < -0.39 is 0 Å². The van der Waals surface area contributed by atoms with Crippen molar-refractivity contribution in [1.82, 2.24) is 9.97 Å². The fourth-order valence-electron chi connectivity index (χ4n) is 3.93. The molecule has 3 N–H and O–H groups in total. The average molecular weight is 276 g/mol. The van der Waals surface area contributed by atoms with Crippen molar-refractivity contribution in [1.29, 1.82) is 0 Å². The molecule has 0 aliphatic heterocycles. The maximum atomic E-state index is 5.94. The smallest absolute Gasteiger partial charge is 0.134 e. The van der Waals surface area contributed by atoms with Gasteiger partial charge >= 0.3 is 0 Å². The minimum absolute atomic E-state index is 0.362. The van der Waals surface area contributed by atoms with Crippen molar-refractivity contribution in [3.05, 3.63) is 11.4 Å². The molecule has 0 saturated heterocycles. The molecule has 0 atom stereocenters. The summed E-state index contributed by atoms with van der Waals surface area (Å²) in [6, 6.07) is 0.446. The number of hydrogen-bond donors (Lipinski definition) is 2. The van der Waals surface area contributed by atoms with Gasteiger partial charge in [-0.2, -0.15) is 0 Å². The Balaban J connectivity index is 2.22. The zero-order valence-electron chi connectivity index (χ0n) is 13.7. The van der Waals surface area contributed by atoms with Crippen LogP contribution in [0.5, 0.6) is 0 Å². The van der Waals surface area contributed by atoms with E-state index in [-0.39, 0.29) is 0 Å². The number of nitrogen functional groups attached to an aromatic ring is 1. The average Bonchev–Trinajstić information content (AvgIpc) is 2.20. The Hall–Kier alpha value is -1.32. The van der Waals surface area contributed by atoms with Crippen LogP contribution < -0.4 is 11.1 Å². The van der Waals surface area contributed by atoms with Crippen LogP contribution in [-0.4, -0.2) is 16.0 Å². The third kappa shape index (κ3) is 3.41. The zero-order chi connectivity index (χ0) is 15.1. The summed E-state index contributed by atoms with van der Waals surface area (Å²) in [5.74, 6) is 2.20. The van der Waals surface area contributed by atoms with Gasteiger partial charge in [0.1, 0.15) is 17.5 Å². The normalized spacial score (nSPS) is 21.7. The largest absolute Gasteiger partial charge is 0.383 e. The van der Waals surface area contributed by atoms with E-state index in [1.54, 1.807) is 0 Å². The number of nitrogens with zero attached hydrogens (tertiary/aromatic N) is 2. The Morgan fingerprint density at radius 1 is 1.05 bits per heavy atom. The van der Waals surface area contributed by atoms with Gasteiger partial charge in [-0.3, -0.25) is 0 Å². The highest BCUT2D eigenvalue weighted by Crippen LogP contribution is 2.46. The highest BCUT2D eigenvalue weighted by Gasteiger charge is 2.38. The Kier molecular flexibility index (Phi) is 3.69. The monoisotopic (exact) mass is 276 g/mol. The maximum absolute atomic E-state index is 5.94. The van der Waals surface area contributed by atoms with Crippen LogP contribution in [0.4, 0.5) is 11.6 Å². The SMILES string of the molecule is Cc1nc(N)c(C)c(NC2CC(C)(C)CC(C)(C)C2)n1. The van der Waals surface area contributed by atoms with Crippen molar-refractivity contribution in [2.75, 3.05) is 11.1 Å². The van der Waals surface area contributed by atoms with Gasteiger partial charge in [0.05, 0.1) is 0 Å². The standard InChI is InChI=1S/C16H28N4/c1-10-13(17)18-11(2)19-14(10)20-12-7-15(3,4)9-16(5,6)8-12/h12H,7-9H2,1-6H3,(H3,17,18,19,20). The van der Waals surface area contributed by atoms with Gasteiger partial charge in [0.25, 0.3) is 0 Å². The van der Waals surface area contributed by atoms with Crippen molar-refractivity contribution >= 4 is 11.6 Å². The molecule has 0 radical (unpaired) electrons. The van der Waals surface area contributed by atoms with Crippen molar-refractivity contribution in [2.24, 2.45) is 10.8 Å². The first-order chi connectivity index (χ1) is 9.08. The molecule has 1 aromatic heterocycles. The molecule has 112 valence electrons. The highest BCUT2D eigenvalue weighted by atomic mass is 15.1. The summed E-state index contributed by atoms with van der Waals surface area (Å²) >= 11 is 0.